The molecule has 1 saturated heterocycles. The number of rotatable bonds is 6. The number of likely N-dealkylation sites (tertiary alicyclic amines) is 1. The van der Waals surface area contributed by atoms with Crippen molar-refractivity contribution in [2.45, 2.75) is 32.1 Å². The lowest BCUT2D eigenvalue weighted by atomic mass is 9.78. The average molecular weight is 435 g/mol. The summed E-state index contributed by atoms with van der Waals surface area (Å²) in [6.07, 6.45) is 3.53. The number of ether oxygens (including phenoxy) is 1. The third kappa shape index (κ3) is 4.79. The Balaban J connectivity index is 1.49. The number of carbonyl (C=O) groups excluding carboxylic acids is 2. The lowest BCUT2D eigenvalue weighted by molar-refractivity contribution is -0.144. The molecule has 1 aliphatic heterocycles. The van der Waals surface area contributed by atoms with E-state index in [0.717, 1.165) is 29.3 Å². The second-order valence-electron chi connectivity index (χ2n) is 8.17. The van der Waals surface area contributed by atoms with Gasteiger partial charge in [-0.25, -0.2) is 4.39 Å². The number of fused-ring (bicyclic) bond motifs is 1. The molecular formula is C26H27FN2O3. The van der Waals surface area contributed by atoms with E-state index in [4.69, 9.17) is 4.74 Å². The maximum absolute atomic E-state index is 13.4. The van der Waals surface area contributed by atoms with Crippen molar-refractivity contribution in [3.8, 4) is 0 Å². The van der Waals surface area contributed by atoms with Crippen LogP contribution in [0.15, 0.2) is 60.8 Å². The number of pyridine rings is 1. The summed E-state index contributed by atoms with van der Waals surface area (Å²) in [4.78, 5) is 31.7. The fourth-order valence-corrected chi connectivity index (χ4v) is 4.63. The number of halogens is 1. The maximum Gasteiger partial charge on any atom is 0.306 e. The highest BCUT2D eigenvalue weighted by Crippen LogP contribution is 2.36. The van der Waals surface area contributed by atoms with E-state index in [0.29, 0.717) is 25.3 Å². The topological polar surface area (TPSA) is 59.5 Å². The first-order valence-corrected chi connectivity index (χ1v) is 11.1. The van der Waals surface area contributed by atoms with Crippen molar-refractivity contribution in [3.05, 3.63) is 77.7 Å². The smallest absolute Gasteiger partial charge is 0.306 e. The van der Waals surface area contributed by atoms with Crippen molar-refractivity contribution < 1.29 is 18.7 Å². The number of hydrogen-bond donors (Lipinski definition) is 0. The van der Waals surface area contributed by atoms with Crippen molar-refractivity contribution in [1.29, 1.82) is 0 Å². The highest BCUT2D eigenvalue weighted by molar-refractivity contribution is 6.06. The molecule has 0 radical (unpaired) electrons. The van der Waals surface area contributed by atoms with Crippen molar-refractivity contribution in [3.63, 3.8) is 0 Å². The zero-order valence-electron chi connectivity index (χ0n) is 18.2. The Labute approximate surface area is 187 Å². The summed E-state index contributed by atoms with van der Waals surface area (Å²) in [5.41, 5.74) is 2.40. The molecule has 0 spiro atoms. The van der Waals surface area contributed by atoms with Gasteiger partial charge < -0.3 is 9.64 Å². The van der Waals surface area contributed by atoms with Gasteiger partial charge in [0.1, 0.15) is 5.82 Å². The van der Waals surface area contributed by atoms with Gasteiger partial charge >= 0.3 is 5.97 Å². The molecule has 0 bridgehead atoms. The molecule has 0 unspecified atom stereocenters. The maximum atomic E-state index is 13.4. The molecule has 1 aromatic heterocycles. The van der Waals surface area contributed by atoms with Crippen LogP contribution in [-0.2, 0) is 9.53 Å². The molecule has 4 rings (SSSR count). The molecule has 166 valence electrons. The van der Waals surface area contributed by atoms with Gasteiger partial charge in [-0.15, -0.1) is 0 Å². The number of amides is 1. The Morgan fingerprint density at radius 2 is 1.84 bits per heavy atom. The van der Waals surface area contributed by atoms with Gasteiger partial charge in [0.05, 0.1) is 18.5 Å². The van der Waals surface area contributed by atoms with Crippen LogP contribution in [0, 0.1) is 11.7 Å². The minimum atomic E-state index is -0.298. The molecule has 1 fully saturated rings. The first-order valence-electron chi connectivity index (χ1n) is 11.1. The summed E-state index contributed by atoms with van der Waals surface area (Å²) in [6.45, 7) is 3.35. The van der Waals surface area contributed by atoms with Crippen molar-refractivity contribution in [2.24, 2.45) is 5.92 Å². The minimum Gasteiger partial charge on any atom is -0.466 e. The fraction of sp³-hybridized carbons (Fsp3) is 0.346. The van der Waals surface area contributed by atoms with Gasteiger partial charge in [-0.3, -0.25) is 14.6 Å². The fourth-order valence-electron chi connectivity index (χ4n) is 4.63. The van der Waals surface area contributed by atoms with E-state index in [2.05, 4.69) is 4.98 Å². The van der Waals surface area contributed by atoms with Gasteiger partial charge in [0.25, 0.3) is 5.91 Å². The summed E-state index contributed by atoms with van der Waals surface area (Å²) < 4.78 is 18.6. The number of carbonyl (C=O) groups is 2. The summed E-state index contributed by atoms with van der Waals surface area (Å²) in [7, 11) is 0. The Morgan fingerprint density at radius 3 is 2.56 bits per heavy atom. The third-order valence-corrected chi connectivity index (χ3v) is 6.26. The molecule has 1 atom stereocenters. The van der Waals surface area contributed by atoms with E-state index in [-0.39, 0.29) is 36.0 Å². The van der Waals surface area contributed by atoms with Crippen molar-refractivity contribution >= 4 is 22.8 Å². The highest BCUT2D eigenvalue weighted by atomic mass is 19.1. The molecule has 3 aromatic rings. The zero-order chi connectivity index (χ0) is 22.5. The number of piperidine rings is 1. The lowest BCUT2D eigenvalue weighted by Crippen LogP contribution is -2.40. The molecule has 32 heavy (non-hydrogen) atoms. The van der Waals surface area contributed by atoms with E-state index in [1.165, 1.54) is 12.1 Å². The van der Waals surface area contributed by atoms with Gasteiger partial charge in [0.15, 0.2) is 0 Å². The Kier molecular flexibility index (Phi) is 6.78. The Hall–Kier alpha value is -3.28. The van der Waals surface area contributed by atoms with E-state index >= 15 is 0 Å². The minimum absolute atomic E-state index is 0.00535. The molecular weight excluding hydrogens is 407 g/mol. The Bertz CT molecular complexity index is 1090. The van der Waals surface area contributed by atoms with E-state index in [9.17, 15) is 14.0 Å². The largest absolute Gasteiger partial charge is 0.466 e. The molecule has 2 aromatic carbocycles. The quantitative estimate of drug-likeness (QED) is 0.515. The van der Waals surface area contributed by atoms with Gasteiger partial charge in [0.2, 0.25) is 0 Å². The lowest BCUT2D eigenvalue weighted by Gasteiger charge is -2.36. The number of benzene rings is 2. The van der Waals surface area contributed by atoms with Crippen LogP contribution < -0.4 is 0 Å². The number of nitrogens with zero attached hydrogens (tertiary/aromatic N) is 2. The molecule has 1 amide bonds. The second-order valence-corrected chi connectivity index (χ2v) is 8.17. The number of aromatic nitrogens is 1. The van der Waals surface area contributed by atoms with E-state index in [1.807, 2.05) is 35.2 Å². The predicted octanol–water partition coefficient (Wildman–Crippen LogP) is 4.96. The summed E-state index contributed by atoms with van der Waals surface area (Å²) in [5.74, 6) is -0.389. The van der Waals surface area contributed by atoms with Crippen LogP contribution in [0.5, 0.6) is 0 Å². The molecule has 6 heteroatoms. The molecule has 2 heterocycles. The second kappa shape index (κ2) is 9.90. The highest BCUT2D eigenvalue weighted by Gasteiger charge is 2.32. The van der Waals surface area contributed by atoms with Crippen molar-refractivity contribution in [1.82, 2.24) is 9.88 Å². The van der Waals surface area contributed by atoms with Crippen LogP contribution in [0.4, 0.5) is 4.39 Å². The first kappa shape index (κ1) is 21.9. The molecule has 5 nitrogen and oxygen atoms in total. The van der Waals surface area contributed by atoms with Gasteiger partial charge in [-0.1, -0.05) is 24.3 Å². The SMILES string of the molecule is CCOC(=O)C[C@@H](c1ccc(F)cc1)C1CCN(C(=O)c2cccc3ncccc23)CC1. The first-order chi connectivity index (χ1) is 15.6. The number of esters is 1. The number of hydrogen-bond acceptors (Lipinski definition) is 4. The third-order valence-electron chi connectivity index (χ3n) is 6.26. The zero-order valence-corrected chi connectivity index (χ0v) is 18.2. The van der Waals surface area contributed by atoms with E-state index in [1.54, 1.807) is 25.3 Å². The summed E-state index contributed by atoms with van der Waals surface area (Å²) >= 11 is 0. The average Bonchev–Trinajstić information content (AvgIpc) is 2.83. The molecule has 0 N–H and O–H groups in total. The van der Waals surface area contributed by atoms with E-state index < -0.39 is 0 Å². The van der Waals surface area contributed by atoms with Gasteiger partial charge in [-0.2, -0.15) is 0 Å². The van der Waals surface area contributed by atoms with Crippen LogP contribution >= 0.6 is 0 Å². The predicted molar refractivity (Wildman–Crippen MR) is 121 cm³/mol. The van der Waals surface area contributed by atoms with Crippen LogP contribution in [0.2, 0.25) is 0 Å². The molecule has 0 aliphatic carbocycles. The molecule has 0 saturated carbocycles. The normalized spacial score (nSPS) is 15.5. The Morgan fingerprint density at radius 1 is 1.09 bits per heavy atom. The standard InChI is InChI=1S/C26H27FN2O3/c1-2-32-25(30)17-23(18-8-10-20(27)11-9-18)19-12-15-29(16-13-19)26(31)22-5-3-7-24-21(22)6-4-14-28-24/h3-11,14,19,23H,2,12-13,15-17H2,1H3/t23-/m0/s1. The van der Waals surface area contributed by atoms with Crippen LogP contribution in [0.3, 0.4) is 0 Å². The van der Waals surface area contributed by atoms with Gasteiger partial charge in [-0.05, 0) is 67.5 Å². The van der Waals surface area contributed by atoms with Gasteiger partial charge in [0, 0.05) is 30.2 Å². The monoisotopic (exact) mass is 434 g/mol. The summed E-state index contributed by atoms with van der Waals surface area (Å²) in [6, 6.07) is 15.7. The summed E-state index contributed by atoms with van der Waals surface area (Å²) in [5, 5.41) is 0.855. The van der Waals surface area contributed by atoms with Crippen LogP contribution in [0.25, 0.3) is 10.9 Å². The van der Waals surface area contributed by atoms with Crippen molar-refractivity contribution in [2.75, 3.05) is 19.7 Å². The van der Waals surface area contributed by atoms with Crippen LogP contribution in [-0.4, -0.2) is 41.5 Å². The molecule has 1 aliphatic rings. The van der Waals surface area contributed by atoms with Crippen LogP contribution in [0.1, 0.15) is 48.0 Å².